The third-order valence-corrected chi connectivity index (χ3v) is 3.60. The molecule has 0 unspecified atom stereocenters. The normalized spacial score (nSPS) is 11.3. The van der Waals surface area contributed by atoms with Gasteiger partial charge < -0.3 is 10.1 Å². The predicted octanol–water partition coefficient (Wildman–Crippen LogP) is 4.15. The number of nitrogens with zero attached hydrogens (tertiary/aromatic N) is 3. The van der Waals surface area contributed by atoms with E-state index in [1.807, 2.05) is 30.3 Å². The minimum Gasteiger partial charge on any atom is -0.454 e. The molecule has 1 aromatic heterocycles. The lowest BCUT2D eigenvalue weighted by molar-refractivity contribution is -0.154. The molecule has 0 fully saturated rings. The molecule has 0 radical (unpaired) electrons. The number of aromatic nitrogens is 3. The van der Waals surface area contributed by atoms with E-state index in [0.717, 1.165) is 11.1 Å². The summed E-state index contributed by atoms with van der Waals surface area (Å²) in [6, 6.07) is 14.6. The molecule has 0 saturated carbocycles. The fraction of sp³-hybridized carbons (Fsp3) is 0.211. The zero-order valence-electron chi connectivity index (χ0n) is 14.6. The number of ether oxygens (including phenoxy) is 1. The average Bonchev–Trinajstić information content (AvgIpc) is 2.66. The highest BCUT2D eigenvalue weighted by atomic mass is 19.4. The SMILES string of the molecule is Fc1ccc(CNc2nc(Cc3ccccc3)nc(OCC(F)(F)F)n2)cc1. The number of hydrogen-bond donors (Lipinski definition) is 1. The molecule has 3 rings (SSSR count). The maximum absolute atomic E-state index is 13.0. The monoisotopic (exact) mass is 392 g/mol. The number of nitrogens with one attached hydrogen (secondary N) is 1. The number of rotatable bonds is 7. The van der Waals surface area contributed by atoms with Crippen molar-refractivity contribution in [2.75, 3.05) is 11.9 Å². The highest BCUT2D eigenvalue weighted by Gasteiger charge is 2.29. The third-order valence-electron chi connectivity index (χ3n) is 3.60. The molecule has 0 aliphatic heterocycles. The molecule has 2 aromatic carbocycles. The highest BCUT2D eigenvalue weighted by Crippen LogP contribution is 2.18. The van der Waals surface area contributed by atoms with E-state index in [2.05, 4.69) is 25.0 Å². The second-order valence-electron chi connectivity index (χ2n) is 5.90. The van der Waals surface area contributed by atoms with E-state index < -0.39 is 18.8 Å². The lowest BCUT2D eigenvalue weighted by atomic mass is 10.1. The lowest BCUT2D eigenvalue weighted by Gasteiger charge is -2.11. The number of halogens is 4. The topological polar surface area (TPSA) is 59.9 Å². The summed E-state index contributed by atoms with van der Waals surface area (Å²) in [5.74, 6) is -0.0284. The van der Waals surface area contributed by atoms with Crippen LogP contribution in [0.4, 0.5) is 23.5 Å². The van der Waals surface area contributed by atoms with Gasteiger partial charge in [-0.05, 0) is 23.3 Å². The van der Waals surface area contributed by atoms with Gasteiger partial charge >= 0.3 is 12.2 Å². The van der Waals surface area contributed by atoms with E-state index >= 15 is 0 Å². The summed E-state index contributed by atoms with van der Waals surface area (Å²) >= 11 is 0. The number of hydrogen-bond acceptors (Lipinski definition) is 5. The van der Waals surface area contributed by atoms with Crippen molar-refractivity contribution in [3.63, 3.8) is 0 Å². The molecule has 28 heavy (non-hydrogen) atoms. The third kappa shape index (κ3) is 6.19. The van der Waals surface area contributed by atoms with Crippen molar-refractivity contribution in [1.82, 2.24) is 15.0 Å². The van der Waals surface area contributed by atoms with Gasteiger partial charge in [-0.2, -0.15) is 28.1 Å². The summed E-state index contributed by atoms with van der Waals surface area (Å²) in [7, 11) is 0. The van der Waals surface area contributed by atoms with Crippen LogP contribution in [0.25, 0.3) is 0 Å². The van der Waals surface area contributed by atoms with Gasteiger partial charge in [-0.1, -0.05) is 42.5 Å². The Morgan fingerprint density at radius 3 is 2.25 bits per heavy atom. The smallest absolute Gasteiger partial charge is 0.422 e. The van der Waals surface area contributed by atoms with Crippen molar-refractivity contribution in [2.45, 2.75) is 19.1 Å². The van der Waals surface area contributed by atoms with Crippen molar-refractivity contribution < 1.29 is 22.3 Å². The molecule has 0 saturated heterocycles. The molecule has 0 bridgehead atoms. The van der Waals surface area contributed by atoms with Gasteiger partial charge in [0.15, 0.2) is 6.61 Å². The second kappa shape index (κ2) is 8.64. The zero-order valence-corrected chi connectivity index (χ0v) is 14.6. The van der Waals surface area contributed by atoms with Crippen LogP contribution >= 0.6 is 0 Å². The molecular formula is C19H16F4N4O. The van der Waals surface area contributed by atoms with Gasteiger partial charge in [0.25, 0.3) is 0 Å². The van der Waals surface area contributed by atoms with Gasteiger partial charge in [0, 0.05) is 13.0 Å². The maximum atomic E-state index is 13.0. The first-order chi connectivity index (χ1) is 13.4. The van der Waals surface area contributed by atoms with Gasteiger partial charge in [0.05, 0.1) is 0 Å². The summed E-state index contributed by atoms with van der Waals surface area (Å²) in [5, 5.41) is 2.90. The Morgan fingerprint density at radius 2 is 1.57 bits per heavy atom. The largest absolute Gasteiger partial charge is 0.454 e. The molecule has 0 atom stereocenters. The van der Waals surface area contributed by atoms with Crippen LogP contribution in [-0.2, 0) is 13.0 Å². The Bertz CT molecular complexity index is 902. The van der Waals surface area contributed by atoms with E-state index in [1.165, 1.54) is 12.1 Å². The van der Waals surface area contributed by atoms with E-state index in [9.17, 15) is 17.6 Å². The first kappa shape index (κ1) is 19.5. The fourth-order valence-electron chi connectivity index (χ4n) is 2.33. The van der Waals surface area contributed by atoms with E-state index in [0.29, 0.717) is 6.42 Å². The van der Waals surface area contributed by atoms with Crippen molar-refractivity contribution in [2.24, 2.45) is 0 Å². The van der Waals surface area contributed by atoms with Crippen LogP contribution < -0.4 is 10.1 Å². The van der Waals surface area contributed by atoms with E-state index in [-0.39, 0.29) is 24.1 Å². The molecule has 1 N–H and O–H groups in total. The summed E-state index contributed by atoms with van der Waals surface area (Å²) in [6.45, 7) is -1.24. The van der Waals surface area contributed by atoms with Gasteiger partial charge in [-0.25, -0.2) is 4.39 Å². The quantitative estimate of drug-likeness (QED) is 0.612. The minimum absolute atomic E-state index is 0.0717. The van der Waals surface area contributed by atoms with Gasteiger partial charge in [0.2, 0.25) is 5.95 Å². The van der Waals surface area contributed by atoms with Crippen LogP contribution in [-0.4, -0.2) is 27.7 Å². The molecule has 0 spiro atoms. The van der Waals surface area contributed by atoms with Crippen molar-refractivity contribution in [3.05, 3.63) is 77.4 Å². The van der Waals surface area contributed by atoms with Crippen LogP contribution in [0.2, 0.25) is 0 Å². The van der Waals surface area contributed by atoms with Crippen LogP contribution in [0.1, 0.15) is 17.0 Å². The Kier molecular flexibility index (Phi) is 6.03. The summed E-state index contributed by atoms with van der Waals surface area (Å²) < 4.78 is 55.0. The van der Waals surface area contributed by atoms with Crippen LogP contribution in [0.5, 0.6) is 6.01 Å². The lowest BCUT2D eigenvalue weighted by Crippen LogP contribution is -2.21. The van der Waals surface area contributed by atoms with Crippen LogP contribution in [0, 0.1) is 5.82 Å². The molecule has 3 aromatic rings. The Balaban J connectivity index is 1.78. The number of alkyl halides is 3. The summed E-state index contributed by atoms with van der Waals surface area (Å²) in [4.78, 5) is 12.1. The molecule has 5 nitrogen and oxygen atoms in total. The van der Waals surface area contributed by atoms with Gasteiger partial charge in [0.1, 0.15) is 11.6 Å². The highest BCUT2D eigenvalue weighted by molar-refractivity contribution is 5.30. The molecule has 1 heterocycles. The number of anilines is 1. The maximum Gasteiger partial charge on any atom is 0.422 e. The van der Waals surface area contributed by atoms with E-state index in [1.54, 1.807) is 12.1 Å². The standard InChI is InChI=1S/C19H16F4N4O/c20-15-8-6-14(7-9-15)11-24-17-25-16(10-13-4-2-1-3-5-13)26-18(27-17)28-12-19(21,22)23/h1-9H,10-12H2,(H,24,25,26,27). The van der Waals surface area contributed by atoms with Crippen molar-refractivity contribution in [3.8, 4) is 6.01 Å². The molecule has 0 aliphatic rings. The molecule has 9 heteroatoms. The zero-order chi connectivity index (χ0) is 20.0. The van der Waals surface area contributed by atoms with Crippen LogP contribution in [0.3, 0.4) is 0 Å². The second-order valence-corrected chi connectivity index (χ2v) is 5.90. The van der Waals surface area contributed by atoms with E-state index in [4.69, 9.17) is 0 Å². The molecule has 146 valence electrons. The molecule has 0 aliphatic carbocycles. The Hall–Kier alpha value is -3.23. The van der Waals surface area contributed by atoms with Crippen molar-refractivity contribution in [1.29, 1.82) is 0 Å². The summed E-state index contributed by atoms with van der Waals surface area (Å²) in [5.41, 5.74) is 1.64. The summed E-state index contributed by atoms with van der Waals surface area (Å²) in [6.07, 6.45) is -4.20. The average molecular weight is 392 g/mol. The minimum atomic E-state index is -4.51. The Labute approximate surface area is 158 Å². The van der Waals surface area contributed by atoms with Crippen LogP contribution in [0.15, 0.2) is 54.6 Å². The first-order valence-electron chi connectivity index (χ1n) is 8.34. The van der Waals surface area contributed by atoms with Crippen molar-refractivity contribution >= 4 is 5.95 Å². The predicted molar refractivity (Wildman–Crippen MR) is 94.4 cm³/mol. The van der Waals surface area contributed by atoms with Gasteiger partial charge in [-0.3, -0.25) is 0 Å². The molecule has 0 amide bonds. The Morgan fingerprint density at radius 1 is 0.857 bits per heavy atom. The fourth-order valence-corrected chi connectivity index (χ4v) is 2.33. The molecular weight excluding hydrogens is 376 g/mol. The number of benzene rings is 2. The van der Waals surface area contributed by atoms with Gasteiger partial charge in [-0.15, -0.1) is 0 Å². The first-order valence-corrected chi connectivity index (χ1v) is 8.34.